The number of hydrogen-bond donors (Lipinski definition) is 0. The molecule has 16 heavy (non-hydrogen) atoms. The summed E-state index contributed by atoms with van der Waals surface area (Å²) in [4.78, 5) is 4.41. The molecule has 0 aliphatic rings. The van der Waals surface area contributed by atoms with Crippen LogP contribution in [-0.4, -0.2) is 9.38 Å². The van der Waals surface area contributed by atoms with Crippen LogP contribution in [0.1, 0.15) is 0 Å². The van der Waals surface area contributed by atoms with Gasteiger partial charge in [-0.1, -0.05) is 24.3 Å². The molecule has 0 saturated heterocycles. The summed E-state index contributed by atoms with van der Waals surface area (Å²) >= 11 is -0.135. The summed E-state index contributed by atoms with van der Waals surface area (Å²) in [5, 5.41) is 0. The quantitative estimate of drug-likeness (QED) is 0.580. The molecule has 2 nitrogen and oxygen atoms in total. The summed E-state index contributed by atoms with van der Waals surface area (Å²) in [5.41, 5.74) is 1.04. The molecule has 2 heterocycles. The van der Waals surface area contributed by atoms with Crippen LogP contribution in [0.3, 0.4) is 0 Å². The van der Waals surface area contributed by atoms with Crippen LogP contribution in [0.25, 0.3) is 5.65 Å². The van der Waals surface area contributed by atoms with Crippen LogP contribution in [0.2, 0.25) is 0 Å². The van der Waals surface area contributed by atoms with Crippen LogP contribution in [0, 0.1) is 7.27 Å². The lowest BCUT2D eigenvalue weighted by atomic mass is 10.4. The highest BCUT2D eigenvalue weighted by atomic mass is 127. The number of benzene rings is 1. The van der Waals surface area contributed by atoms with Crippen LogP contribution in [0.15, 0.2) is 60.9 Å². The molecular weight excluding hydrogens is 311 g/mol. The minimum atomic E-state index is -0.135. The van der Waals surface area contributed by atoms with Gasteiger partial charge in [-0.25, -0.2) is 4.98 Å². The van der Waals surface area contributed by atoms with Gasteiger partial charge in [0.05, 0.1) is 0 Å². The lowest BCUT2D eigenvalue weighted by Crippen LogP contribution is -3.62. The predicted octanol–water partition coefficient (Wildman–Crippen LogP) is -0.537. The van der Waals surface area contributed by atoms with Crippen molar-refractivity contribution in [3.63, 3.8) is 0 Å². The summed E-state index contributed by atoms with van der Waals surface area (Å²) in [6.07, 6.45) is 4.08. The number of nitrogens with zero attached hydrogens (tertiary/aromatic N) is 2. The lowest BCUT2D eigenvalue weighted by Gasteiger charge is -1.89. The third-order valence-electron chi connectivity index (χ3n) is 2.31. The van der Waals surface area contributed by atoms with E-state index in [1.54, 1.807) is 0 Å². The molecule has 0 amide bonds. The standard InChI is InChI=1S/C13H10IN2/c1-2-6-11(7-3-1)14-12-10-15-13-8-4-5-9-16(12)13/h1-10H/q+1. The smallest absolute Gasteiger partial charge is 0.262 e. The Kier molecular flexibility index (Phi) is 2.61. The van der Waals surface area contributed by atoms with E-state index < -0.39 is 0 Å². The van der Waals surface area contributed by atoms with E-state index in [1.807, 2.05) is 24.4 Å². The van der Waals surface area contributed by atoms with Gasteiger partial charge in [0.1, 0.15) is 11.8 Å². The first kappa shape index (κ1) is 9.84. The first-order valence-electron chi connectivity index (χ1n) is 5.05. The summed E-state index contributed by atoms with van der Waals surface area (Å²) < 4.78 is 4.94. The average molecular weight is 321 g/mol. The van der Waals surface area contributed by atoms with Gasteiger partial charge in [-0.3, -0.25) is 4.40 Å². The Bertz CT molecular complexity index is 601. The summed E-state index contributed by atoms with van der Waals surface area (Å²) in [6.45, 7) is 0. The number of rotatable bonds is 2. The molecule has 0 N–H and O–H groups in total. The topological polar surface area (TPSA) is 17.3 Å². The minimum Gasteiger partial charge on any atom is -0.262 e. The van der Waals surface area contributed by atoms with Crippen molar-refractivity contribution < 1.29 is 21.2 Å². The Balaban J connectivity index is 2.01. The summed E-state index contributed by atoms with van der Waals surface area (Å²) in [5.74, 6) is 0. The van der Waals surface area contributed by atoms with Crippen molar-refractivity contribution in [1.29, 1.82) is 0 Å². The zero-order valence-corrected chi connectivity index (χ0v) is 10.7. The van der Waals surface area contributed by atoms with Crippen LogP contribution in [0.4, 0.5) is 0 Å². The zero-order valence-electron chi connectivity index (χ0n) is 8.55. The van der Waals surface area contributed by atoms with Crippen LogP contribution in [0.5, 0.6) is 0 Å². The molecule has 0 aliphatic heterocycles. The molecule has 0 aliphatic carbocycles. The van der Waals surface area contributed by atoms with Gasteiger partial charge in [-0.2, -0.15) is 0 Å². The van der Waals surface area contributed by atoms with Gasteiger partial charge in [0.15, 0.2) is 3.57 Å². The van der Waals surface area contributed by atoms with Crippen LogP contribution < -0.4 is 21.2 Å². The van der Waals surface area contributed by atoms with Crippen LogP contribution >= 0.6 is 0 Å². The van der Waals surface area contributed by atoms with Gasteiger partial charge in [0.25, 0.3) is 3.70 Å². The molecule has 0 radical (unpaired) electrons. The summed E-state index contributed by atoms with van der Waals surface area (Å²) in [7, 11) is 0. The zero-order chi connectivity index (χ0) is 10.8. The van der Waals surface area contributed by atoms with Gasteiger partial charge in [-0.05, 0) is 24.3 Å². The van der Waals surface area contributed by atoms with Gasteiger partial charge >= 0.3 is 21.2 Å². The second kappa shape index (κ2) is 4.25. The normalized spacial score (nSPS) is 10.8. The molecule has 3 aromatic rings. The number of aromatic nitrogens is 2. The molecule has 0 bridgehead atoms. The van der Waals surface area contributed by atoms with Gasteiger partial charge in [0.2, 0.25) is 0 Å². The first-order chi connectivity index (χ1) is 7.93. The summed E-state index contributed by atoms with van der Waals surface area (Å²) in [6, 6.07) is 16.7. The van der Waals surface area contributed by atoms with Crippen molar-refractivity contribution in [1.82, 2.24) is 9.38 Å². The molecule has 2 aromatic heterocycles. The third kappa shape index (κ3) is 1.82. The fraction of sp³-hybridized carbons (Fsp3) is 0. The molecule has 3 rings (SSSR count). The van der Waals surface area contributed by atoms with E-state index in [4.69, 9.17) is 0 Å². The molecule has 0 saturated carbocycles. The number of pyridine rings is 1. The van der Waals surface area contributed by atoms with Crippen molar-refractivity contribution in [2.75, 3.05) is 0 Å². The number of fused-ring (bicyclic) bond motifs is 1. The van der Waals surface area contributed by atoms with E-state index >= 15 is 0 Å². The number of hydrogen-bond acceptors (Lipinski definition) is 1. The molecule has 1 aromatic carbocycles. The molecule has 0 unspecified atom stereocenters. The molecule has 78 valence electrons. The highest BCUT2D eigenvalue weighted by Crippen LogP contribution is 1.97. The van der Waals surface area contributed by atoms with E-state index in [9.17, 15) is 0 Å². The second-order valence-corrected chi connectivity index (χ2v) is 6.29. The maximum atomic E-state index is 4.41. The van der Waals surface area contributed by atoms with Crippen molar-refractivity contribution in [2.45, 2.75) is 0 Å². The monoisotopic (exact) mass is 321 g/mol. The third-order valence-corrected chi connectivity index (χ3v) is 5.00. The largest absolute Gasteiger partial charge is 0.380 e. The van der Waals surface area contributed by atoms with E-state index in [1.165, 1.54) is 7.27 Å². The maximum absolute atomic E-state index is 4.41. The molecule has 0 spiro atoms. The minimum absolute atomic E-state index is 0.135. The van der Waals surface area contributed by atoms with Crippen molar-refractivity contribution >= 4 is 5.65 Å². The molecule has 0 atom stereocenters. The maximum Gasteiger partial charge on any atom is 0.380 e. The Hall–Kier alpha value is -1.36. The second-order valence-electron chi connectivity index (χ2n) is 3.40. The highest BCUT2D eigenvalue weighted by Gasteiger charge is 2.19. The number of halogens is 1. The van der Waals surface area contributed by atoms with Crippen molar-refractivity contribution in [3.05, 3.63) is 68.2 Å². The van der Waals surface area contributed by atoms with Gasteiger partial charge in [0, 0.05) is 6.20 Å². The fourth-order valence-electron chi connectivity index (χ4n) is 1.56. The van der Waals surface area contributed by atoms with Crippen molar-refractivity contribution in [2.24, 2.45) is 0 Å². The van der Waals surface area contributed by atoms with E-state index in [0.29, 0.717) is 0 Å². The van der Waals surface area contributed by atoms with Crippen molar-refractivity contribution in [3.8, 4) is 0 Å². The van der Waals surface area contributed by atoms with E-state index in [-0.39, 0.29) is 21.2 Å². The average Bonchev–Trinajstić information content (AvgIpc) is 2.74. The highest BCUT2D eigenvalue weighted by molar-refractivity contribution is 5.36. The van der Waals surface area contributed by atoms with Gasteiger partial charge in [-0.15, -0.1) is 0 Å². The van der Waals surface area contributed by atoms with E-state index in [2.05, 4.69) is 45.9 Å². The Morgan fingerprint density at radius 2 is 1.75 bits per heavy atom. The fourth-order valence-corrected chi connectivity index (χ4v) is 3.92. The molecule has 3 heteroatoms. The molecule has 0 fully saturated rings. The first-order valence-corrected chi connectivity index (χ1v) is 7.21. The lowest BCUT2D eigenvalue weighted by molar-refractivity contribution is -0.604. The van der Waals surface area contributed by atoms with Crippen LogP contribution in [-0.2, 0) is 0 Å². The Morgan fingerprint density at radius 3 is 2.62 bits per heavy atom. The molecular formula is C13H10IN2+. The Morgan fingerprint density at radius 1 is 0.938 bits per heavy atom. The predicted molar refractivity (Wildman–Crippen MR) is 59.0 cm³/mol. The number of imidazole rings is 1. The SMILES string of the molecule is c1ccc([I+]c2cnc3ccccn23)cc1. The van der Waals surface area contributed by atoms with Gasteiger partial charge < -0.3 is 0 Å². The Labute approximate surface area is 104 Å². The van der Waals surface area contributed by atoms with E-state index in [0.717, 1.165) is 5.65 Å².